The number of hydrogen-bond acceptors (Lipinski definition) is 5. The van der Waals surface area contributed by atoms with Crippen molar-refractivity contribution in [1.82, 2.24) is 20.4 Å². The summed E-state index contributed by atoms with van der Waals surface area (Å²) in [5.74, 6) is 0.0876. The molecule has 0 unspecified atom stereocenters. The number of nitrogens with one attached hydrogen (secondary N) is 2. The standard InChI is InChI=1S/C19H29FN4O3/c1-3-6-21-18(25)12-22-19(26)14-24-9-7-23(8-10-24)13-15-11-16(20)4-5-17(15)27-2/h4-5,11H,3,6-10,12-14H2,1-2H3,(H,21,25)(H,22,26). The molecular weight excluding hydrogens is 351 g/mol. The minimum atomic E-state index is -0.274. The molecule has 1 aliphatic heterocycles. The van der Waals surface area contributed by atoms with Gasteiger partial charge in [-0.1, -0.05) is 6.92 Å². The molecule has 0 radical (unpaired) electrons. The number of amides is 2. The number of piperazine rings is 1. The summed E-state index contributed by atoms with van der Waals surface area (Å²) in [6.07, 6.45) is 0.867. The van der Waals surface area contributed by atoms with Crippen LogP contribution in [0.4, 0.5) is 4.39 Å². The van der Waals surface area contributed by atoms with E-state index in [1.165, 1.54) is 12.1 Å². The first kappa shape index (κ1) is 21.1. The minimum absolute atomic E-state index is 0.0121. The fraction of sp³-hybridized carbons (Fsp3) is 0.579. The Morgan fingerprint density at radius 2 is 1.81 bits per heavy atom. The first-order valence-electron chi connectivity index (χ1n) is 9.32. The van der Waals surface area contributed by atoms with Crippen LogP contribution in [0.5, 0.6) is 5.75 Å². The molecular formula is C19H29FN4O3. The van der Waals surface area contributed by atoms with Crippen molar-refractivity contribution in [2.45, 2.75) is 19.9 Å². The average Bonchev–Trinajstić information content (AvgIpc) is 2.66. The highest BCUT2D eigenvalue weighted by molar-refractivity contribution is 5.85. The second-order valence-corrected chi connectivity index (χ2v) is 6.64. The van der Waals surface area contributed by atoms with Gasteiger partial charge in [-0.3, -0.25) is 19.4 Å². The lowest BCUT2D eigenvalue weighted by Gasteiger charge is -2.34. The van der Waals surface area contributed by atoms with Gasteiger partial charge in [-0.25, -0.2) is 4.39 Å². The second-order valence-electron chi connectivity index (χ2n) is 6.64. The van der Waals surface area contributed by atoms with Gasteiger partial charge in [0.1, 0.15) is 11.6 Å². The van der Waals surface area contributed by atoms with Gasteiger partial charge in [0.25, 0.3) is 0 Å². The van der Waals surface area contributed by atoms with Gasteiger partial charge < -0.3 is 15.4 Å². The SMILES string of the molecule is CCCNC(=O)CNC(=O)CN1CCN(Cc2cc(F)ccc2OC)CC1. The maximum Gasteiger partial charge on any atom is 0.239 e. The predicted molar refractivity (Wildman–Crippen MR) is 101 cm³/mol. The van der Waals surface area contributed by atoms with Crippen LogP contribution in [0, 0.1) is 5.82 Å². The number of benzene rings is 1. The largest absolute Gasteiger partial charge is 0.496 e. The molecule has 2 rings (SSSR count). The smallest absolute Gasteiger partial charge is 0.239 e. The van der Waals surface area contributed by atoms with E-state index in [4.69, 9.17) is 4.74 Å². The van der Waals surface area contributed by atoms with Crippen LogP contribution in [-0.4, -0.2) is 74.5 Å². The first-order valence-corrected chi connectivity index (χ1v) is 9.32. The van der Waals surface area contributed by atoms with Crippen LogP contribution in [0.2, 0.25) is 0 Å². The van der Waals surface area contributed by atoms with E-state index in [-0.39, 0.29) is 30.7 Å². The molecule has 150 valence electrons. The summed E-state index contributed by atoms with van der Waals surface area (Å²) in [6.45, 7) is 6.54. The average molecular weight is 380 g/mol. The third-order valence-electron chi connectivity index (χ3n) is 4.49. The Morgan fingerprint density at radius 1 is 1.11 bits per heavy atom. The highest BCUT2D eigenvalue weighted by Gasteiger charge is 2.20. The molecule has 0 saturated carbocycles. The van der Waals surface area contributed by atoms with Crippen LogP contribution in [0.15, 0.2) is 18.2 Å². The van der Waals surface area contributed by atoms with Gasteiger partial charge in [0.2, 0.25) is 11.8 Å². The van der Waals surface area contributed by atoms with Gasteiger partial charge in [-0.05, 0) is 24.6 Å². The topological polar surface area (TPSA) is 73.9 Å². The number of carbonyl (C=O) groups is 2. The molecule has 1 fully saturated rings. The van der Waals surface area contributed by atoms with Crippen molar-refractivity contribution in [3.63, 3.8) is 0 Å². The van der Waals surface area contributed by atoms with Crippen molar-refractivity contribution in [3.8, 4) is 5.75 Å². The summed E-state index contributed by atoms with van der Waals surface area (Å²) in [5.41, 5.74) is 0.821. The number of ether oxygens (including phenoxy) is 1. The summed E-state index contributed by atoms with van der Waals surface area (Å²) >= 11 is 0. The summed E-state index contributed by atoms with van der Waals surface area (Å²) in [4.78, 5) is 27.8. The van der Waals surface area contributed by atoms with Crippen LogP contribution in [-0.2, 0) is 16.1 Å². The van der Waals surface area contributed by atoms with Crippen molar-refractivity contribution < 1.29 is 18.7 Å². The molecule has 1 aromatic rings. The molecule has 7 nitrogen and oxygen atoms in total. The van der Waals surface area contributed by atoms with Crippen LogP contribution < -0.4 is 15.4 Å². The van der Waals surface area contributed by atoms with E-state index in [1.807, 2.05) is 6.92 Å². The number of halogens is 1. The maximum atomic E-state index is 13.5. The van der Waals surface area contributed by atoms with Crippen molar-refractivity contribution in [2.75, 3.05) is 52.9 Å². The lowest BCUT2D eigenvalue weighted by atomic mass is 10.1. The quantitative estimate of drug-likeness (QED) is 0.656. The number of hydrogen-bond donors (Lipinski definition) is 2. The van der Waals surface area contributed by atoms with E-state index in [9.17, 15) is 14.0 Å². The summed E-state index contributed by atoms with van der Waals surface area (Å²) in [5, 5.41) is 5.37. The minimum Gasteiger partial charge on any atom is -0.496 e. The van der Waals surface area contributed by atoms with Gasteiger partial charge in [-0.15, -0.1) is 0 Å². The Kier molecular flexibility index (Phi) is 8.47. The molecule has 1 saturated heterocycles. The molecule has 1 aromatic carbocycles. The fourth-order valence-corrected chi connectivity index (χ4v) is 2.98. The number of carbonyl (C=O) groups excluding carboxylic acids is 2. The Labute approximate surface area is 159 Å². The van der Waals surface area contributed by atoms with E-state index in [0.717, 1.165) is 38.2 Å². The molecule has 0 bridgehead atoms. The molecule has 0 spiro atoms. The Morgan fingerprint density at radius 3 is 2.48 bits per heavy atom. The molecule has 1 aliphatic rings. The number of rotatable bonds is 9. The lowest BCUT2D eigenvalue weighted by molar-refractivity contribution is -0.127. The number of nitrogens with zero attached hydrogens (tertiary/aromatic N) is 2. The molecule has 0 atom stereocenters. The molecule has 2 amide bonds. The Hall–Kier alpha value is -2.19. The zero-order valence-corrected chi connectivity index (χ0v) is 16.1. The fourth-order valence-electron chi connectivity index (χ4n) is 2.98. The third kappa shape index (κ3) is 7.15. The molecule has 0 aliphatic carbocycles. The van der Waals surface area contributed by atoms with Crippen molar-refractivity contribution in [1.29, 1.82) is 0 Å². The van der Waals surface area contributed by atoms with Crippen molar-refractivity contribution >= 4 is 11.8 Å². The number of methoxy groups -OCH3 is 1. The van der Waals surface area contributed by atoms with Gasteiger partial charge >= 0.3 is 0 Å². The van der Waals surface area contributed by atoms with E-state index in [1.54, 1.807) is 13.2 Å². The third-order valence-corrected chi connectivity index (χ3v) is 4.49. The maximum absolute atomic E-state index is 13.5. The molecule has 8 heteroatoms. The Bertz CT molecular complexity index is 633. The molecule has 27 heavy (non-hydrogen) atoms. The predicted octanol–water partition coefficient (Wildman–Crippen LogP) is 0.594. The Balaban J connectivity index is 1.71. The highest BCUT2D eigenvalue weighted by atomic mass is 19.1. The molecule has 1 heterocycles. The summed E-state index contributed by atoms with van der Waals surface area (Å²) in [6, 6.07) is 4.53. The van der Waals surface area contributed by atoms with Gasteiger partial charge in [0.15, 0.2) is 0 Å². The lowest BCUT2D eigenvalue weighted by Crippen LogP contribution is -2.49. The molecule has 0 aromatic heterocycles. The van der Waals surface area contributed by atoms with E-state index in [0.29, 0.717) is 18.8 Å². The zero-order chi connectivity index (χ0) is 19.6. The second kappa shape index (κ2) is 10.8. The van der Waals surface area contributed by atoms with E-state index in [2.05, 4.69) is 20.4 Å². The van der Waals surface area contributed by atoms with Crippen molar-refractivity contribution in [2.24, 2.45) is 0 Å². The van der Waals surface area contributed by atoms with Gasteiger partial charge in [-0.2, -0.15) is 0 Å². The van der Waals surface area contributed by atoms with Crippen LogP contribution in [0.25, 0.3) is 0 Å². The van der Waals surface area contributed by atoms with Crippen LogP contribution in [0.1, 0.15) is 18.9 Å². The van der Waals surface area contributed by atoms with E-state index < -0.39 is 0 Å². The zero-order valence-electron chi connectivity index (χ0n) is 16.1. The monoisotopic (exact) mass is 380 g/mol. The van der Waals surface area contributed by atoms with Crippen molar-refractivity contribution in [3.05, 3.63) is 29.6 Å². The summed E-state index contributed by atoms with van der Waals surface area (Å²) < 4.78 is 18.8. The summed E-state index contributed by atoms with van der Waals surface area (Å²) in [7, 11) is 1.58. The molecule has 2 N–H and O–H groups in total. The van der Waals surface area contributed by atoms with Crippen LogP contribution in [0.3, 0.4) is 0 Å². The highest BCUT2D eigenvalue weighted by Crippen LogP contribution is 2.21. The first-order chi connectivity index (χ1) is 13.0. The normalized spacial score (nSPS) is 15.4. The van der Waals surface area contributed by atoms with Gasteiger partial charge in [0.05, 0.1) is 20.2 Å². The van der Waals surface area contributed by atoms with Gasteiger partial charge in [0, 0.05) is 44.8 Å². The van der Waals surface area contributed by atoms with Crippen LogP contribution >= 0.6 is 0 Å². The van der Waals surface area contributed by atoms with E-state index >= 15 is 0 Å².